The van der Waals surface area contributed by atoms with Crippen molar-refractivity contribution < 1.29 is 5.11 Å². The van der Waals surface area contributed by atoms with Gasteiger partial charge in [0.1, 0.15) is 11.6 Å². The molecule has 0 aliphatic rings. The molecule has 84 valence electrons. The second-order valence-corrected chi connectivity index (χ2v) is 4.13. The molecule has 0 saturated heterocycles. The molecule has 0 aliphatic carbocycles. The second-order valence-electron chi connectivity index (χ2n) is 3.72. The summed E-state index contributed by atoms with van der Waals surface area (Å²) in [5.41, 5.74) is 8.62. The molecule has 0 spiro atoms. The molecule has 0 saturated carbocycles. The van der Waals surface area contributed by atoms with Crippen molar-refractivity contribution in [3.05, 3.63) is 28.4 Å². The topological polar surface area (TPSA) is 74.9 Å². The van der Waals surface area contributed by atoms with Crippen LogP contribution in [0.2, 0.25) is 5.02 Å². The van der Waals surface area contributed by atoms with Crippen LogP contribution < -0.4 is 5.73 Å². The first-order valence-corrected chi connectivity index (χ1v) is 5.18. The first-order valence-electron chi connectivity index (χ1n) is 4.80. The van der Waals surface area contributed by atoms with Gasteiger partial charge in [-0.1, -0.05) is 11.6 Å². The van der Waals surface area contributed by atoms with Crippen molar-refractivity contribution in [1.82, 2.24) is 10.2 Å². The van der Waals surface area contributed by atoms with Crippen LogP contribution in [0.1, 0.15) is 11.1 Å². The number of nitrogens with two attached hydrogens (primary N) is 1. The molecule has 0 atom stereocenters. The van der Waals surface area contributed by atoms with E-state index in [2.05, 4.69) is 10.2 Å². The van der Waals surface area contributed by atoms with E-state index in [1.54, 1.807) is 26.1 Å². The predicted molar refractivity (Wildman–Crippen MR) is 64.6 cm³/mol. The van der Waals surface area contributed by atoms with E-state index in [0.717, 1.165) is 11.1 Å². The van der Waals surface area contributed by atoms with E-state index in [-0.39, 0.29) is 5.75 Å². The molecule has 1 aromatic carbocycles. The number of halogens is 1. The number of anilines is 1. The van der Waals surface area contributed by atoms with Crippen LogP contribution >= 0.6 is 11.6 Å². The third-order valence-electron chi connectivity index (χ3n) is 2.62. The summed E-state index contributed by atoms with van der Waals surface area (Å²) in [4.78, 5) is 0. The van der Waals surface area contributed by atoms with E-state index in [1.165, 1.54) is 0 Å². The third-order valence-corrected chi connectivity index (χ3v) is 2.92. The predicted octanol–water partition coefficient (Wildman–Crippen LogP) is 2.63. The van der Waals surface area contributed by atoms with E-state index in [9.17, 15) is 5.11 Å². The van der Waals surface area contributed by atoms with Gasteiger partial charge in [0.2, 0.25) is 0 Å². The first kappa shape index (κ1) is 10.8. The van der Waals surface area contributed by atoms with Crippen molar-refractivity contribution in [3.8, 4) is 16.9 Å². The van der Waals surface area contributed by atoms with Crippen molar-refractivity contribution in [3.63, 3.8) is 0 Å². The average molecular weight is 238 g/mol. The van der Waals surface area contributed by atoms with Gasteiger partial charge in [0.25, 0.3) is 0 Å². The summed E-state index contributed by atoms with van der Waals surface area (Å²) in [6.07, 6.45) is 1.60. The number of hydrogen-bond acceptors (Lipinski definition) is 3. The van der Waals surface area contributed by atoms with Gasteiger partial charge in [0, 0.05) is 21.7 Å². The summed E-state index contributed by atoms with van der Waals surface area (Å²) >= 11 is 6.16. The molecule has 5 heteroatoms. The lowest BCUT2D eigenvalue weighted by Crippen LogP contribution is -1.92. The Labute approximate surface area is 98.1 Å². The van der Waals surface area contributed by atoms with Crippen LogP contribution in [-0.4, -0.2) is 15.3 Å². The minimum atomic E-state index is 0.236. The molecular weight excluding hydrogens is 226 g/mol. The van der Waals surface area contributed by atoms with Gasteiger partial charge >= 0.3 is 0 Å². The number of nitrogens with one attached hydrogen (secondary N) is 1. The molecule has 1 heterocycles. The fourth-order valence-electron chi connectivity index (χ4n) is 1.75. The quantitative estimate of drug-likeness (QED) is 0.714. The van der Waals surface area contributed by atoms with Crippen LogP contribution in [0, 0.1) is 13.8 Å². The van der Waals surface area contributed by atoms with Crippen molar-refractivity contribution in [1.29, 1.82) is 0 Å². The second kappa shape index (κ2) is 3.72. The van der Waals surface area contributed by atoms with Crippen LogP contribution in [0.3, 0.4) is 0 Å². The molecule has 4 N–H and O–H groups in total. The van der Waals surface area contributed by atoms with Crippen molar-refractivity contribution in [2.45, 2.75) is 13.8 Å². The van der Waals surface area contributed by atoms with E-state index in [1.807, 2.05) is 0 Å². The van der Waals surface area contributed by atoms with E-state index >= 15 is 0 Å². The van der Waals surface area contributed by atoms with Gasteiger partial charge in [-0.05, 0) is 25.5 Å². The number of nitrogens with zero attached hydrogens (tertiary/aromatic N) is 1. The molecule has 0 bridgehead atoms. The van der Waals surface area contributed by atoms with Crippen molar-refractivity contribution in [2.24, 2.45) is 0 Å². The van der Waals surface area contributed by atoms with Gasteiger partial charge in [-0.15, -0.1) is 0 Å². The lowest BCUT2D eigenvalue weighted by atomic mass is 9.99. The highest BCUT2D eigenvalue weighted by Gasteiger charge is 2.16. The number of hydrogen-bond donors (Lipinski definition) is 3. The maximum Gasteiger partial charge on any atom is 0.126 e. The molecule has 4 nitrogen and oxygen atoms in total. The van der Waals surface area contributed by atoms with Gasteiger partial charge in [0.05, 0.1) is 6.20 Å². The number of aryl methyl sites for hydroxylation is 1. The lowest BCUT2D eigenvalue weighted by Gasteiger charge is -2.11. The van der Waals surface area contributed by atoms with Crippen LogP contribution in [0.5, 0.6) is 5.75 Å². The number of aromatic nitrogens is 2. The maximum absolute atomic E-state index is 9.87. The van der Waals surface area contributed by atoms with E-state index in [4.69, 9.17) is 17.3 Å². The monoisotopic (exact) mass is 237 g/mol. The summed E-state index contributed by atoms with van der Waals surface area (Å²) in [5, 5.41) is 16.9. The van der Waals surface area contributed by atoms with Crippen LogP contribution in [0.25, 0.3) is 11.1 Å². The summed E-state index contributed by atoms with van der Waals surface area (Å²) in [7, 11) is 0. The Balaban J connectivity index is 2.76. The number of aromatic hydroxyl groups is 1. The molecule has 1 aromatic heterocycles. The van der Waals surface area contributed by atoms with Gasteiger partial charge in [-0.2, -0.15) is 5.10 Å². The Morgan fingerprint density at radius 1 is 1.44 bits per heavy atom. The van der Waals surface area contributed by atoms with Crippen LogP contribution in [0.4, 0.5) is 5.82 Å². The molecule has 0 fully saturated rings. The van der Waals surface area contributed by atoms with Crippen molar-refractivity contribution >= 4 is 17.4 Å². The first-order chi connectivity index (χ1) is 7.52. The zero-order chi connectivity index (χ0) is 11.9. The number of rotatable bonds is 1. The Morgan fingerprint density at radius 3 is 2.69 bits per heavy atom. The molecule has 0 aliphatic heterocycles. The summed E-state index contributed by atoms with van der Waals surface area (Å²) < 4.78 is 0. The molecule has 2 aromatic rings. The van der Waals surface area contributed by atoms with Gasteiger partial charge in [-0.3, -0.25) is 5.10 Å². The van der Waals surface area contributed by atoms with Gasteiger partial charge < -0.3 is 10.8 Å². The largest absolute Gasteiger partial charge is 0.507 e. The number of aromatic amines is 1. The highest BCUT2D eigenvalue weighted by molar-refractivity contribution is 6.33. The van der Waals surface area contributed by atoms with Crippen LogP contribution in [-0.2, 0) is 0 Å². The highest BCUT2D eigenvalue weighted by atomic mass is 35.5. The number of phenolic OH excluding ortho intramolecular Hbond substituents is 1. The van der Waals surface area contributed by atoms with Crippen molar-refractivity contribution in [2.75, 3.05) is 5.73 Å². The molecule has 0 radical (unpaired) electrons. The Hall–Kier alpha value is -1.68. The summed E-state index contributed by atoms with van der Waals surface area (Å²) in [5.74, 6) is 0.674. The summed E-state index contributed by atoms with van der Waals surface area (Å²) in [6.45, 7) is 3.60. The van der Waals surface area contributed by atoms with E-state index < -0.39 is 0 Å². The molecule has 16 heavy (non-hydrogen) atoms. The molecular formula is C11H12ClN3O. The molecule has 2 rings (SSSR count). The summed E-state index contributed by atoms with van der Waals surface area (Å²) in [6, 6.07) is 1.71. The standard InChI is InChI=1S/C11H12ClN3O/c1-5-3-8(12)9(6(2)10(5)16)7-4-14-15-11(7)13/h3-4,16H,1-2H3,(H3,13,14,15). The minimum absolute atomic E-state index is 0.236. The normalized spacial score (nSPS) is 10.7. The Kier molecular flexibility index (Phi) is 2.52. The zero-order valence-corrected chi connectivity index (χ0v) is 9.76. The highest BCUT2D eigenvalue weighted by Crippen LogP contribution is 2.39. The molecule has 0 unspecified atom stereocenters. The van der Waals surface area contributed by atoms with Gasteiger partial charge in [-0.25, -0.2) is 0 Å². The maximum atomic E-state index is 9.87. The Bertz CT molecular complexity index is 548. The number of benzene rings is 1. The SMILES string of the molecule is Cc1cc(Cl)c(-c2cn[nH]c2N)c(C)c1O. The van der Waals surface area contributed by atoms with Gasteiger partial charge in [0.15, 0.2) is 0 Å². The van der Waals surface area contributed by atoms with E-state index in [0.29, 0.717) is 22.0 Å². The van der Waals surface area contributed by atoms with Crippen LogP contribution in [0.15, 0.2) is 12.3 Å². The minimum Gasteiger partial charge on any atom is -0.507 e. The number of phenols is 1. The number of nitrogen functional groups attached to an aromatic ring is 1. The fraction of sp³-hybridized carbons (Fsp3) is 0.182. The smallest absolute Gasteiger partial charge is 0.126 e. The molecule has 0 amide bonds. The zero-order valence-electron chi connectivity index (χ0n) is 9.00. The average Bonchev–Trinajstić information content (AvgIpc) is 2.62. The lowest BCUT2D eigenvalue weighted by molar-refractivity contribution is 0.467. The number of H-pyrrole nitrogens is 1. The third kappa shape index (κ3) is 1.51. The Morgan fingerprint density at radius 2 is 2.12 bits per heavy atom. The fourth-order valence-corrected chi connectivity index (χ4v) is 2.16.